The molecule has 7 nitrogen and oxygen atoms in total. The molecule has 1 aromatic carbocycles. The second-order valence-corrected chi connectivity index (χ2v) is 4.16. The number of aromatic nitrogens is 2. The standard InChI is InChI=1S/C12H12F2N4O3/c1-17-7-16-11(18(19)20)10(17)15-6-8-2-4-9(5-3-8)21-12(13)14/h2-5,7,12,15H,6H2,1H3. The number of anilines is 1. The van der Waals surface area contributed by atoms with Crippen LogP contribution in [0.1, 0.15) is 5.56 Å². The zero-order valence-corrected chi connectivity index (χ0v) is 11.0. The number of hydrogen-bond acceptors (Lipinski definition) is 5. The first-order valence-corrected chi connectivity index (χ1v) is 5.90. The number of imidazole rings is 1. The summed E-state index contributed by atoms with van der Waals surface area (Å²) in [6, 6.07) is 5.99. The SMILES string of the molecule is Cn1cnc([N+](=O)[O-])c1NCc1ccc(OC(F)F)cc1. The molecule has 21 heavy (non-hydrogen) atoms. The summed E-state index contributed by atoms with van der Waals surface area (Å²) in [5.41, 5.74) is 0.757. The zero-order chi connectivity index (χ0) is 15.4. The van der Waals surface area contributed by atoms with Crippen molar-refractivity contribution < 1.29 is 18.4 Å². The van der Waals surface area contributed by atoms with Crippen molar-refractivity contribution in [3.05, 3.63) is 46.3 Å². The second-order valence-electron chi connectivity index (χ2n) is 4.16. The highest BCUT2D eigenvalue weighted by Crippen LogP contribution is 2.22. The normalized spacial score (nSPS) is 10.7. The molecular formula is C12H12F2N4O3. The van der Waals surface area contributed by atoms with Crippen molar-refractivity contribution in [3.63, 3.8) is 0 Å². The second kappa shape index (κ2) is 6.16. The van der Waals surface area contributed by atoms with Gasteiger partial charge >= 0.3 is 12.4 Å². The summed E-state index contributed by atoms with van der Waals surface area (Å²) in [6.07, 6.45) is 1.33. The predicted octanol–water partition coefficient (Wildman–Crippen LogP) is 2.54. The monoisotopic (exact) mass is 298 g/mol. The van der Waals surface area contributed by atoms with Crippen LogP contribution in [-0.2, 0) is 13.6 Å². The first-order chi connectivity index (χ1) is 9.97. The summed E-state index contributed by atoms with van der Waals surface area (Å²) in [5.74, 6) is 0.0586. The van der Waals surface area contributed by atoms with Gasteiger partial charge in [-0.05, 0) is 27.6 Å². The highest BCUT2D eigenvalue weighted by molar-refractivity contribution is 5.52. The Morgan fingerprint density at radius 2 is 2.10 bits per heavy atom. The molecule has 0 aliphatic carbocycles. The van der Waals surface area contributed by atoms with E-state index in [9.17, 15) is 18.9 Å². The number of benzene rings is 1. The molecule has 0 saturated heterocycles. The summed E-state index contributed by atoms with van der Waals surface area (Å²) >= 11 is 0. The molecule has 1 aromatic heterocycles. The molecule has 0 amide bonds. The highest BCUT2D eigenvalue weighted by atomic mass is 19.3. The Morgan fingerprint density at radius 1 is 1.43 bits per heavy atom. The van der Waals surface area contributed by atoms with Gasteiger partial charge in [0.05, 0.1) is 0 Å². The Bertz CT molecular complexity index is 628. The van der Waals surface area contributed by atoms with E-state index in [1.165, 1.54) is 23.0 Å². The fraction of sp³-hybridized carbons (Fsp3) is 0.250. The van der Waals surface area contributed by atoms with Crippen LogP contribution in [-0.4, -0.2) is 21.1 Å². The number of ether oxygens (including phenoxy) is 1. The number of nitrogens with zero attached hydrogens (tertiary/aromatic N) is 3. The third kappa shape index (κ3) is 3.65. The minimum Gasteiger partial charge on any atom is -0.435 e. The molecule has 0 fully saturated rings. The smallest absolute Gasteiger partial charge is 0.406 e. The predicted molar refractivity (Wildman–Crippen MR) is 70.3 cm³/mol. The third-order valence-corrected chi connectivity index (χ3v) is 2.70. The summed E-state index contributed by atoms with van der Waals surface area (Å²) in [5, 5.41) is 13.7. The molecule has 0 atom stereocenters. The third-order valence-electron chi connectivity index (χ3n) is 2.70. The lowest BCUT2D eigenvalue weighted by Crippen LogP contribution is -2.06. The molecule has 0 spiro atoms. The van der Waals surface area contributed by atoms with Crippen LogP contribution >= 0.6 is 0 Å². The molecule has 0 saturated carbocycles. The summed E-state index contributed by atoms with van der Waals surface area (Å²) in [4.78, 5) is 13.9. The van der Waals surface area contributed by atoms with Crippen LogP contribution in [0.5, 0.6) is 5.75 Å². The maximum Gasteiger partial charge on any atom is 0.406 e. The van der Waals surface area contributed by atoms with E-state index in [-0.39, 0.29) is 23.9 Å². The zero-order valence-electron chi connectivity index (χ0n) is 11.0. The topological polar surface area (TPSA) is 82.2 Å². The first-order valence-electron chi connectivity index (χ1n) is 5.90. The van der Waals surface area contributed by atoms with E-state index in [4.69, 9.17) is 0 Å². The van der Waals surface area contributed by atoms with Gasteiger partial charge in [-0.3, -0.25) is 4.57 Å². The summed E-state index contributed by atoms with van der Waals surface area (Å²) in [6.45, 7) is -2.58. The van der Waals surface area contributed by atoms with Gasteiger partial charge in [-0.15, -0.1) is 0 Å². The van der Waals surface area contributed by atoms with Crippen molar-refractivity contribution >= 4 is 11.6 Å². The van der Waals surface area contributed by atoms with Crippen molar-refractivity contribution in [3.8, 4) is 5.75 Å². The molecule has 0 unspecified atom stereocenters. The Hall–Kier alpha value is -2.71. The summed E-state index contributed by atoms with van der Waals surface area (Å²) in [7, 11) is 1.63. The van der Waals surface area contributed by atoms with Gasteiger partial charge in [0.25, 0.3) is 0 Å². The van der Waals surface area contributed by atoms with Gasteiger partial charge in [0.2, 0.25) is 12.1 Å². The van der Waals surface area contributed by atoms with Crippen molar-refractivity contribution in [1.82, 2.24) is 9.55 Å². The molecule has 112 valence electrons. The minimum atomic E-state index is -2.87. The lowest BCUT2D eigenvalue weighted by atomic mass is 10.2. The lowest BCUT2D eigenvalue weighted by Gasteiger charge is -2.08. The Morgan fingerprint density at radius 3 is 2.67 bits per heavy atom. The molecule has 0 bridgehead atoms. The van der Waals surface area contributed by atoms with Gasteiger partial charge in [-0.2, -0.15) is 8.78 Å². The van der Waals surface area contributed by atoms with Crippen LogP contribution in [0.15, 0.2) is 30.6 Å². The van der Waals surface area contributed by atoms with Crippen molar-refractivity contribution in [2.24, 2.45) is 7.05 Å². The molecule has 2 aromatic rings. The van der Waals surface area contributed by atoms with Gasteiger partial charge in [0, 0.05) is 13.6 Å². The number of nitro groups is 1. The molecular weight excluding hydrogens is 286 g/mol. The maximum absolute atomic E-state index is 12.0. The van der Waals surface area contributed by atoms with Gasteiger partial charge in [-0.25, -0.2) is 0 Å². The van der Waals surface area contributed by atoms with Crippen LogP contribution < -0.4 is 10.1 Å². The molecule has 9 heteroatoms. The summed E-state index contributed by atoms with van der Waals surface area (Å²) < 4.78 is 29.7. The van der Waals surface area contributed by atoms with Gasteiger partial charge < -0.3 is 20.2 Å². The van der Waals surface area contributed by atoms with Crippen molar-refractivity contribution in [2.45, 2.75) is 13.2 Å². The van der Waals surface area contributed by atoms with Crippen molar-refractivity contribution in [2.75, 3.05) is 5.32 Å². The van der Waals surface area contributed by atoms with E-state index < -0.39 is 11.5 Å². The minimum absolute atomic E-state index is 0.0558. The number of alkyl halides is 2. The van der Waals surface area contributed by atoms with Gasteiger partial charge in [0.15, 0.2) is 0 Å². The van der Waals surface area contributed by atoms with E-state index in [0.29, 0.717) is 0 Å². The lowest BCUT2D eigenvalue weighted by molar-refractivity contribution is -0.388. The van der Waals surface area contributed by atoms with Gasteiger partial charge in [0.1, 0.15) is 5.75 Å². The van der Waals surface area contributed by atoms with Crippen LogP contribution in [0.25, 0.3) is 0 Å². The van der Waals surface area contributed by atoms with Crippen LogP contribution in [0.2, 0.25) is 0 Å². The molecule has 1 N–H and O–H groups in total. The molecule has 0 radical (unpaired) electrons. The largest absolute Gasteiger partial charge is 0.435 e. The number of hydrogen-bond donors (Lipinski definition) is 1. The van der Waals surface area contributed by atoms with E-state index in [1.54, 1.807) is 19.2 Å². The van der Waals surface area contributed by atoms with Gasteiger partial charge in [-0.1, -0.05) is 12.1 Å². The number of nitrogens with one attached hydrogen (secondary N) is 1. The Labute approximate surface area is 118 Å². The maximum atomic E-state index is 12.0. The molecule has 1 heterocycles. The van der Waals surface area contributed by atoms with E-state index in [2.05, 4.69) is 15.0 Å². The Balaban J connectivity index is 2.03. The molecule has 0 aliphatic heterocycles. The Kier molecular flexibility index (Phi) is 4.31. The van der Waals surface area contributed by atoms with E-state index >= 15 is 0 Å². The van der Waals surface area contributed by atoms with Crippen LogP contribution in [0.4, 0.5) is 20.4 Å². The van der Waals surface area contributed by atoms with E-state index in [0.717, 1.165) is 5.56 Å². The number of rotatable bonds is 6. The fourth-order valence-corrected chi connectivity index (χ4v) is 1.73. The first kappa shape index (κ1) is 14.7. The number of halogens is 2. The number of aryl methyl sites for hydroxylation is 1. The average molecular weight is 298 g/mol. The fourth-order valence-electron chi connectivity index (χ4n) is 1.73. The molecule has 2 rings (SSSR count). The highest BCUT2D eigenvalue weighted by Gasteiger charge is 2.19. The molecule has 0 aliphatic rings. The van der Waals surface area contributed by atoms with Crippen molar-refractivity contribution in [1.29, 1.82) is 0 Å². The van der Waals surface area contributed by atoms with E-state index in [1.807, 2.05) is 0 Å². The quantitative estimate of drug-likeness (QED) is 0.654. The van der Waals surface area contributed by atoms with Crippen LogP contribution in [0, 0.1) is 10.1 Å². The average Bonchev–Trinajstić information content (AvgIpc) is 2.79. The van der Waals surface area contributed by atoms with Crippen LogP contribution in [0.3, 0.4) is 0 Å².